The highest BCUT2D eigenvalue weighted by Crippen LogP contribution is 2.45. The molecule has 2 N–H and O–H groups in total. The van der Waals surface area contributed by atoms with Crippen LogP contribution in [0.4, 0.5) is 0 Å². The summed E-state index contributed by atoms with van der Waals surface area (Å²) in [6, 6.07) is 46.1. The second-order valence-corrected chi connectivity index (χ2v) is 12.9. The molecule has 2 aliphatic carbocycles. The van der Waals surface area contributed by atoms with Crippen molar-refractivity contribution in [3.63, 3.8) is 0 Å². The molecule has 0 saturated carbocycles. The number of para-hydroxylation sites is 3. The number of fused-ring (bicyclic) bond motifs is 8. The summed E-state index contributed by atoms with van der Waals surface area (Å²) in [6.45, 7) is 0.718. The van der Waals surface area contributed by atoms with Crippen LogP contribution >= 0.6 is 0 Å². The second-order valence-electron chi connectivity index (χ2n) is 12.9. The summed E-state index contributed by atoms with van der Waals surface area (Å²) in [5, 5.41) is 5.04. The van der Waals surface area contributed by atoms with Gasteiger partial charge in [0, 0.05) is 62.7 Å². The molecule has 3 heterocycles. The Morgan fingerprint density at radius 3 is 2.25 bits per heavy atom. The van der Waals surface area contributed by atoms with Gasteiger partial charge in [0.05, 0.1) is 22.2 Å². The third-order valence-electron chi connectivity index (χ3n) is 10.3. The first-order chi connectivity index (χ1) is 23.7. The van der Waals surface area contributed by atoms with E-state index >= 15 is 0 Å². The number of pyridine rings is 1. The summed E-state index contributed by atoms with van der Waals surface area (Å²) in [5.74, 6) is 0. The van der Waals surface area contributed by atoms with Crippen LogP contribution in [0.2, 0.25) is 0 Å². The third kappa shape index (κ3) is 3.96. The number of hydrogen-bond donors (Lipinski definition) is 1. The Morgan fingerprint density at radius 1 is 0.667 bits per heavy atom. The molecule has 0 aliphatic heterocycles. The van der Waals surface area contributed by atoms with Gasteiger partial charge in [-0.1, -0.05) is 97.1 Å². The molecule has 0 radical (unpaired) electrons. The van der Waals surface area contributed by atoms with E-state index in [1.54, 1.807) is 0 Å². The number of rotatable bonds is 4. The molecule has 1 atom stereocenters. The van der Waals surface area contributed by atoms with E-state index in [-0.39, 0.29) is 6.04 Å². The van der Waals surface area contributed by atoms with Crippen molar-refractivity contribution < 1.29 is 0 Å². The number of nitrogens with zero attached hydrogens (tertiary/aromatic N) is 3. The van der Waals surface area contributed by atoms with E-state index in [9.17, 15) is 0 Å². The molecule has 0 amide bonds. The van der Waals surface area contributed by atoms with Crippen molar-refractivity contribution in [1.29, 1.82) is 0 Å². The number of aromatic nitrogens is 3. The molecule has 8 aromatic rings. The average Bonchev–Trinajstić information content (AvgIpc) is 3.77. The van der Waals surface area contributed by atoms with Crippen molar-refractivity contribution in [3.8, 4) is 16.8 Å². The lowest BCUT2D eigenvalue weighted by Crippen LogP contribution is -2.23. The SMILES string of the molecule is NC1CC=CC2=C1/C(=C\Cn1c3ccccc3c3ccc(-c4ccc5c(c4)c4ccccc4n5-c4ccccc4)cc31)c1ncccc12. The fraction of sp³-hybridized carbons (Fsp3) is 0.0682. The smallest absolute Gasteiger partial charge is 0.0781 e. The van der Waals surface area contributed by atoms with Gasteiger partial charge in [0.25, 0.3) is 0 Å². The quantitative estimate of drug-likeness (QED) is 0.214. The van der Waals surface area contributed by atoms with Gasteiger partial charge in [0.1, 0.15) is 0 Å². The van der Waals surface area contributed by atoms with Crippen LogP contribution in [0.15, 0.2) is 157 Å². The van der Waals surface area contributed by atoms with Gasteiger partial charge < -0.3 is 14.9 Å². The maximum atomic E-state index is 6.73. The lowest BCUT2D eigenvalue weighted by Gasteiger charge is -2.18. The zero-order valence-corrected chi connectivity index (χ0v) is 26.3. The second kappa shape index (κ2) is 10.5. The number of hydrogen-bond acceptors (Lipinski definition) is 2. The van der Waals surface area contributed by atoms with Crippen LogP contribution in [0.25, 0.3) is 71.6 Å². The summed E-state index contributed by atoms with van der Waals surface area (Å²) < 4.78 is 4.82. The first-order valence-corrected chi connectivity index (χ1v) is 16.7. The predicted molar refractivity (Wildman–Crippen MR) is 200 cm³/mol. The standard InChI is InChI=1S/C44H32N4/c45-38-16-8-14-34-35-15-9-24-46-44(35)36(43(34)38)23-25-47-39-17-6-4-12-31(39)33-21-19-29(27-42(33)47)28-20-22-41-37(26-28)32-13-5-7-18-40(32)48(41)30-10-2-1-3-11-30/h1-15,17-24,26-27,38H,16,25,45H2/b36-23+. The number of allylic oxidation sites excluding steroid dienone is 3. The maximum absolute atomic E-state index is 6.73. The van der Waals surface area contributed by atoms with E-state index in [1.165, 1.54) is 82.7 Å². The maximum Gasteiger partial charge on any atom is 0.0781 e. The average molecular weight is 617 g/mol. The van der Waals surface area contributed by atoms with Crippen molar-refractivity contribution in [3.05, 3.63) is 169 Å². The van der Waals surface area contributed by atoms with E-state index in [1.807, 2.05) is 12.3 Å². The van der Waals surface area contributed by atoms with Gasteiger partial charge in [-0.25, -0.2) is 0 Å². The van der Waals surface area contributed by atoms with Gasteiger partial charge >= 0.3 is 0 Å². The fourth-order valence-electron chi connectivity index (χ4n) is 8.11. The number of benzene rings is 5. The lowest BCUT2D eigenvalue weighted by molar-refractivity contribution is 0.801. The molecule has 228 valence electrons. The molecule has 4 nitrogen and oxygen atoms in total. The summed E-state index contributed by atoms with van der Waals surface area (Å²) in [7, 11) is 0. The molecule has 0 fully saturated rings. The van der Waals surface area contributed by atoms with Crippen LogP contribution in [0.3, 0.4) is 0 Å². The van der Waals surface area contributed by atoms with Gasteiger partial charge in [0.15, 0.2) is 0 Å². The van der Waals surface area contributed by atoms with E-state index in [0.717, 1.165) is 18.7 Å². The minimum atomic E-state index is -0.0297. The zero-order chi connectivity index (χ0) is 31.8. The molecule has 1 unspecified atom stereocenters. The van der Waals surface area contributed by atoms with E-state index < -0.39 is 0 Å². The van der Waals surface area contributed by atoms with Crippen LogP contribution in [0.5, 0.6) is 0 Å². The third-order valence-corrected chi connectivity index (χ3v) is 10.3. The molecule has 10 rings (SSSR count). The molecule has 5 aromatic carbocycles. The zero-order valence-electron chi connectivity index (χ0n) is 26.3. The van der Waals surface area contributed by atoms with Crippen molar-refractivity contribution in [2.45, 2.75) is 19.0 Å². The summed E-state index contributed by atoms with van der Waals surface area (Å²) in [5.41, 5.74) is 21.0. The Morgan fingerprint density at radius 2 is 1.38 bits per heavy atom. The summed E-state index contributed by atoms with van der Waals surface area (Å²) in [6.07, 6.45) is 9.49. The fourth-order valence-corrected chi connectivity index (χ4v) is 8.11. The molecular formula is C44H32N4. The van der Waals surface area contributed by atoms with Crippen molar-refractivity contribution >= 4 is 54.8 Å². The minimum absolute atomic E-state index is 0.0297. The largest absolute Gasteiger partial charge is 0.337 e. The highest BCUT2D eigenvalue weighted by molar-refractivity contribution is 6.12. The van der Waals surface area contributed by atoms with E-state index in [4.69, 9.17) is 10.7 Å². The molecule has 0 spiro atoms. The van der Waals surface area contributed by atoms with Crippen LogP contribution < -0.4 is 5.73 Å². The summed E-state index contributed by atoms with van der Waals surface area (Å²) >= 11 is 0. The lowest BCUT2D eigenvalue weighted by atomic mass is 9.91. The topological polar surface area (TPSA) is 48.8 Å². The van der Waals surface area contributed by atoms with Crippen LogP contribution in [-0.2, 0) is 6.54 Å². The first-order valence-electron chi connectivity index (χ1n) is 16.7. The molecule has 4 heteroatoms. The molecule has 0 bridgehead atoms. The Labute approximate surface area is 278 Å². The minimum Gasteiger partial charge on any atom is -0.337 e. The van der Waals surface area contributed by atoms with Gasteiger partial charge in [-0.15, -0.1) is 0 Å². The molecular weight excluding hydrogens is 585 g/mol. The van der Waals surface area contributed by atoms with E-state index in [0.29, 0.717) is 0 Å². The van der Waals surface area contributed by atoms with Gasteiger partial charge in [0.2, 0.25) is 0 Å². The Bertz CT molecular complexity index is 2680. The Balaban J connectivity index is 1.13. The Hall–Kier alpha value is -5.97. The summed E-state index contributed by atoms with van der Waals surface area (Å²) in [4.78, 5) is 4.83. The van der Waals surface area contributed by atoms with Crippen LogP contribution in [0.1, 0.15) is 17.7 Å². The van der Waals surface area contributed by atoms with Crippen LogP contribution in [0, 0.1) is 0 Å². The van der Waals surface area contributed by atoms with Crippen molar-refractivity contribution in [2.24, 2.45) is 5.73 Å². The van der Waals surface area contributed by atoms with Crippen molar-refractivity contribution in [1.82, 2.24) is 14.1 Å². The molecule has 2 aliphatic rings. The van der Waals surface area contributed by atoms with E-state index in [2.05, 4.69) is 149 Å². The highest BCUT2D eigenvalue weighted by atomic mass is 15.0. The van der Waals surface area contributed by atoms with Gasteiger partial charge in [-0.05, 0) is 77.2 Å². The normalized spacial score (nSPS) is 16.5. The molecule has 0 saturated heterocycles. The first kappa shape index (κ1) is 27.2. The number of nitrogens with two attached hydrogens (primary N) is 1. The Kier molecular flexibility index (Phi) is 5.96. The predicted octanol–water partition coefficient (Wildman–Crippen LogP) is 10.1. The van der Waals surface area contributed by atoms with Gasteiger partial charge in [-0.2, -0.15) is 0 Å². The monoisotopic (exact) mass is 616 g/mol. The highest BCUT2D eigenvalue weighted by Gasteiger charge is 2.31. The van der Waals surface area contributed by atoms with Crippen molar-refractivity contribution in [2.75, 3.05) is 0 Å². The van der Waals surface area contributed by atoms with Gasteiger partial charge in [-0.3, -0.25) is 4.98 Å². The molecule has 3 aromatic heterocycles. The van der Waals surface area contributed by atoms with Crippen LogP contribution in [-0.4, -0.2) is 20.2 Å². The molecule has 48 heavy (non-hydrogen) atoms.